The largest absolute Gasteiger partial charge is 0.343 e. The van der Waals surface area contributed by atoms with E-state index in [1.165, 1.54) is 12.8 Å². The summed E-state index contributed by atoms with van der Waals surface area (Å²) >= 11 is 0. The fourth-order valence-corrected chi connectivity index (χ4v) is 2.48. The van der Waals surface area contributed by atoms with Gasteiger partial charge in [-0.15, -0.1) is 0 Å². The average Bonchev–Trinajstić information content (AvgIpc) is 2.67. The lowest BCUT2D eigenvalue weighted by molar-refractivity contribution is -0.133. The second kappa shape index (κ2) is 8.94. The minimum atomic E-state index is 0.0807. The number of hydrogen-bond acceptors (Lipinski definition) is 2. The number of likely N-dealkylation sites (tertiary alicyclic amines) is 1. The first kappa shape index (κ1) is 16.0. The number of amides is 2. The highest BCUT2D eigenvalue weighted by molar-refractivity contribution is 5.78. The maximum Gasteiger partial charge on any atom is 0.224 e. The molecule has 0 atom stereocenters. The third-order valence-electron chi connectivity index (χ3n) is 3.78. The summed E-state index contributed by atoms with van der Waals surface area (Å²) in [5, 5.41) is 0. The molecule has 0 aromatic carbocycles. The molecule has 0 saturated carbocycles. The summed E-state index contributed by atoms with van der Waals surface area (Å²) in [7, 11) is 0. The second-order valence-corrected chi connectivity index (χ2v) is 5.40. The zero-order valence-electron chi connectivity index (χ0n) is 12.5. The molecule has 4 heteroatoms. The van der Waals surface area contributed by atoms with Crippen LogP contribution in [0.3, 0.4) is 0 Å². The van der Waals surface area contributed by atoms with Crippen LogP contribution in [0.25, 0.3) is 0 Å². The third kappa shape index (κ3) is 6.08. The first-order valence-corrected chi connectivity index (χ1v) is 7.68. The predicted molar refractivity (Wildman–Crippen MR) is 76.8 cm³/mol. The zero-order chi connectivity index (χ0) is 14.1. The standard InChI is InChI=1S/C15H28N2O2/c1-3-4-10-16(14(2)18)13-9-15(19)17-11-7-5-6-8-12-17/h3-13H2,1-2H3. The van der Waals surface area contributed by atoms with E-state index in [4.69, 9.17) is 0 Å². The SMILES string of the molecule is CCCCN(CCC(=O)N1CCCCCC1)C(C)=O. The maximum absolute atomic E-state index is 12.1. The van der Waals surface area contributed by atoms with E-state index in [1.807, 2.05) is 4.90 Å². The Balaban J connectivity index is 2.35. The van der Waals surface area contributed by atoms with Crippen molar-refractivity contribution in [1.29, 1.82) is 0 Å². The molecule has 0 aliphatic carbocycles. The Morgan fingerprint density at radius 1 is 1.05 bits per heavy atom. The number of carbonyl (C=O) groups excluding carboxylic acids is 2. The lowest BCUT2D eigenvalue weighted by Gasteiger charge is -2.24. The van der Waals surface area contributed by atoms with E-state index in [1.54, 1.807) is 11.8 Å². The normalized spacial score (nSPS) is 16.0. The van der Waals surface area contributed by atoms with Crippen molar-refractivity contribution in [3.05, 3.63) is 0 Å². The fourth-order valence-electron chi connectivity index (χ4n) is 2.48. The monoisotopic (exact) mass is 268 g/mol. The molecule has 1 heterocycles. The Hall–Kier alpha value is -1.06. The van der Waals surface area contributed by atoms with Crippen molar-refractivity contribution in [3.63, 3.8) is 0 Å². The van der Waals surface area contributed by atoms with Crippen LogP contribution < -0.4 is 0 Å². The Bertz CT molecular complexity index is 284. The van der Waals surface area contributed by atoms with E-state index >= 15 is 0 Å². The smallest absolute Gasteiger partial charge is 0.224 e. The highest BCUT2D eigenvalue weighted by Crippen LogP contribution is 2.11. The van der Waals surface area contributed by atoms with E-state index in [0.717, 1.165) is 45.3 Å². The molecule has 0 bridgehead atoms. The number of unbranched alkanes of at least 4 members (excludes halogenated alkanes) is 1. The maximum atomic E-state index is 12.1. The van der Waals surface area contributed by atoms with Gasteiger partial charge in [-0.2, -0.15) is 0 Å². The molecule has 0 radical (unpaired) electrons. The molecule has 19 heavy (non-hydrogen) atoms. The summed E-state index contributed by atoms with van der Waals surface area (Å²) in [6.07, 6.45) is 7.28. The molecule has 1 rings (SSSR count). The Morgan fingerprint density at radius 3 is 2.21 bits per heavy atom. The predicted octanol–water partition coefficient (Wildman–Crippen LogP) is 2.43. The van der Waals surface area contributed by atoms with Gasteiger partial charge in [-0.05, 0) is 19.3 Å². The number of nitrogens with zero attached hydrogens (tertiary/aromatic N) is 2. The average molecular weight is 268 g/mol. The van der Waals surface area contributed by atoms with Crippen LogP contribution >= 0.6 is 0 Å². The van der Waals surface area contributed by atoms with Gasteiger partial charge in [0.2, 0.25) is 11.8 Å². The van der Waals surface area contributed by atoms with Gasteiger partial charge in [-0.25, -0.2) is 0 Å². The van der Waals surface area contributed by atoms with Crippen LogP contribution in [-0.4, -0.2) is 47.8 Å². The topological polar surface area (TPSA) is 40.6 Å². The van der Waals surface area contributed by atoms with E-state index < -0.39 is 0 Å². The van der Waals surface area contributed by atoms with Gasteiger partial charge < -0.3 is 9.80 Å². The van der Waals surface area contributed by atoms with Gasteiger partial charge in [-0.3, -0.25) is 9.59 Å². The van der Waals surface area contributed by atoms with E-state index in [2.05, 4.69) is 6.92 Å². The van der Waals surface area contributed by atoms with Crippen LogP contribution in [0, 0.1) is 0 Å². The molecule has 0 N–H and O–H groups in total. The molecule has 0 unspecified atom stereocenters. The summed E-state index contributed by atoms with van der Waals surface area (Å²) in [5.74, 6) is 0.293. The van der Waals surface area contributed by atoms with Crippen LogP contribution in [-0.2, 0) is 9.59 Å². The third-order valence-corrected chi connectivity index (χ3v) is 3.78. The van der Waals surface area contributed by atoms with Crippen LogP contribution in [0.15, 0.2) is 0 Å². The Morgan fingerprint density at radius 2 is 1.68 bits per heavy atom. The lowest BCUT2D eigenvalue weighted by atomic mass is 10.2. The molecule has 1 fully saturated rings. The second-order valence-electron chi connectivity index (χ2n) is 5.40. The van der Waals surface area contributed by atoms with E-state index in [9.17, 15) is 9.59 Å². The highest BCUT2D eigenvalue weighted by Gasteiger charge is 2.17. The lowest BCUT2D eigenvalue weighted by Crippen LogP contribution is -2.37. The van der Waals surface area contributed by atoms with Crippen molar-refractivity contribution in [2.24, 2.45) is 0 Å². The Labute approximate surface area is 117 Å². The molecular weight excluding hydrogens is 240 g/mol. The van der Waals surface area contributed by atoms with Crippen LogP contribution in [0.2, 0.25) is 0 Å². The summed E-state index contributed by atoms with van der Waals surface area (Å²) in [5.41, 5.74) is 0. The van der Waals surface area contributed by atoms with Gasteiger partial charge in [0.25, 0.3) is 0 Å². The Kier molecular flexibility index (Phi) is 7.53. The number of carbonyl (C=O) groups is 2. The van der Waals surface area contributed by atoms with E-state index in [-0.39, 0.29) is 11.8 Å². The van der Waals surface area contributed by atoms with Gasteiger partial charge >= 0.3 is 0 Å². The summed E-state index contributed by atoms with van der Waals surface area (Å²) in [6, 6.07) is 0. The summed E-state index contributed by atoms with van der Waals surface area (Å²) in [6.45, 7) is 6.85. The molecule has 0 aromatic heterocycles. The molecule has 4 nitrogen and oxygen atoms in total. The minimum Gasteiger partial charge on any atom is -0.343 e. The zero-order valence-corrected chi connectivity index (χ0v) is 12.5. The van der Waals surface area contributed by atoms with Crippen LogP contribution in [0.5, 0.6) is 0 Å². The van der Waals surface area contributed by atoms with Crippen LogP contribution in [0.1, 0.15) is 58.8 Å². The first-order chi connectivity index (χ1) is 9.15. The molecule has 110 valence electrons. The van der Waals surface area contributed by atoms with Crippen molar-refractivity contribution >= 4 is 11.8 Å². The van der Waals surface area contributed by atoms with Crippen molar-refractivity contribution in [1.82, 2.24) is 9.80 Å². The fraction of sp³-hybridized carbons (Fsp3) is 0.867. The summed E-state index contributed by atoms with van der Waals surface area (Å²) in [4.78, 5) is 27.4. The van der Waals surface area contributed by atoms with Gasteiger partial charge in [0.05, 0.1) is 0 Å². The van der Waals surface area contributed by atoms with Gasteiger partial charge in [0.15, 0.2) is 0 Å². The molecule has 1 saturated heterocycles. The van der Waals surface area contributed by atoms with Gasteiger partial charge in [0.1, 0.15) is 0 Å². The molecule has 0 spiro atoms. The van der Waals surface area contributed by atoms with Gasteiger partial charge in [-0.1, -0.05) is 26.2 Å². The summed E-state index contributed by atoms with van der Waals surface area (Å²) < 4.78 is 0. The van der Waals surface area contributed by atoms with Gasteiger partial charge in [0, 0.05) is 39.5 Å². The first-order valence-electron chi connectivity index (χ1n) is 7.68. The molecule has 1 aliphatic rings. The minimum absolute atomic E-state index is 0.0807. The quantitative estimate of drug-likeness (QED) is 0.742. The molecule has 2 amide bonds. The molecule has 0 aromatic rings. The van der Waals surface area contributed by atoms with Crippen molar-refractivity contribution in [3.8, 4) is 0 Å². The van der Waals surface area contributed by atoms with Crippen molar-refractivity contribution in [2.45, 2.75) is 58.8 Å². The van der Waals surface area contributed by atoms with Crippen LogP contribution in [0.4, 0.5) is 0 Å². The van der Waals surface area contributed by atoms with Crippen molar-refractivity contribution in [2.75, 3.05) is 26.2 Å². The highest BCUT2D eigenvalue weighted by atomic mass is 16.2. The van der Waals surface area contributed by atoms with E-state index in [0.29, 0.717) is 13.0 Å². The number of hydrogen-bond donors (Lipinski definition) is 0. The molecule has 1 aliphatic heterocycles. The molecular formula is C15H28N2O2. The van der Waals surface area contributed by atoms with Crippen molar-refractivity contribution < 1.29 is 9.59 Å². The number of rotatable bonds is 6.